The van der Waals surface area contributed by atoms with Crippen LogP contribution in [0, 0.1) is 6.92 Å². The molecule has 3 rings (SSSR count). The summed E-state index contributed by atoms with van der Waals surface area (Å²) in [6, 6.07) is 15.3. The molecule has 31 heavy (non-hydrogen) atoms. The summed E-state index contributed by atoms with van der Waals surface area (Å²) < 4.78 is 5.10. The van der Waals surface area contributed by atoms with Crippen LogP contribution in [0.25, 0.3) is 0 Å². The lowest BCUT2D eigenvalue weighted by atomic mass is 10.2. The maximum Gasteiger partial charge on any atom is 0.311 e. The number of aryl methyl sites for hydroxylation is 1. The lowest BCUT2D eigenvalue weighted by molar-refractivity contribution is -0.142. The summed E-state index contributed by atoms with van der Waals surface area (Å²) in [5, 5.41) is 6.64. The number of ether oxygens (including phenoxy) is 1. The number of aliphatic imine (C=N–C) groups is 1. The first-order valence-corrected chi connectivity index (χ1v) is 11.2. The second-order valence-corrected chi connectivity index (χ2v) is 8.29. The zero-order valence-corrected chi connectivity index (χ0v) is 18.8. The Morgan fingerprint density at radius 1 is 1.13 bits per heavy atom. The number of hydrogen-bond acceptors (Lipinski definition) is 6. The van der Waals surface area contributed by atoms with Crippen LogP contribution in [0.4, 0.5) is 17.1 Å². The number of carbonyl (C=O) groups excluding carboxylic acids is 2. The number of rotatable bonds is 7. The van der Waals surface area contributed by atoms with Crippen molar-refractivity contribution < 1.29 is 14.3 Å². The molecule has 162 valence electrons. The van der Waals surface area contributed by atoms with E-state index in [1.54, 1.807) is 6.92 Å². The molecule has 1 aliphatic rings. The highest BCUT2D eigenvalue weighted by molar-refractivity contribution is 8.15. The van der Waals surface area contributed by atoms with Crippen molar-refractivity contribution in [1.29, 1.82) is 0 Å². The summed E-state index contributed by atoms with van der Waals surface area (Å²) in [7, 11) is 0. The number of nitrogens with one attached hydrogen (secondary N) is 2. The number of carbonyl (C=O) groups is 2. The molecule has 2 aromatic carbocycles. The molecule has 0 spiro atoms. The number of anilines is 2. The molecular formula is C24H27N3O3S. The summed E-state index contributed by atoms with van der Waals surface area (Å²) >= 11 is 1.39. The minimum atomic E-state index is -0.330. The van der Waals surface area contributed by atoms with Crippen molar-refractivity contribution in [3.8, 4) is 0 Å². The summed E-state index contributed by atoms with van der Waals surface area (Å²) in [4.78, 5) is 29.7. The quantitative estimate of drug-likeness (QED) is 0.564. The first-order chi connectivity index (χ1) is 15.0. The van der Waals surface area contributed by atoms with Gasteiger partial charge in [0.15, 0.2) is 0 Å². The highest BCUT2D eigenvalue weighted by atomic mass is 32.2. The SMILES string of the molecule is CCOC(=O)CC1=CC(SC(CC)C(=O)Nc2ccccc2C)=Nc2ccccc2N1. The van der Waals surface area contributed by atoms with Crippen molar-refractivity contribution in [3.63, 3.8) is 0 Å². The Morgan fingerprint density at radius 3 is 2.61 bits per heavy atom. The maximum absolute atomic E-state index is 12.9. The number of para-hydroxylation sites is 3. The summed E-state index contributed by atoms with van der Waals surface area (Å²) in [5.74, 6) is -0.385. The third-order valence-corrected chi connectivity index (χ3v) is 5.98. The molecule has 0 aromatic heterocycles. The van der Waals surface area contributed by atoms with E-state index in [1.165, 1.54) is 11.8 Å². The number of thioether (sulfide) groups is 1. The van der Waals surface area contributed by atoms with Crippen molar-refractivity contribution in [2.24, 2.45) is 4.99 Å². The predicted octanol–water partition coefficient (Wildman–Crippen LogP) is 5.44. The molecule has 2 N–H and O–H groups in total. The van der Waals surface area contributed by atoms with E-state index in [0.717, 1.165) is 22.6 Å². The predicted molar refractivity (Wildman–Crippen MR) is 128 cm³/mol. The number of benzene rings is 2. The van der Waals surface area contributed by atoms with Gasteiger partial charge in [0, 0.05) is 11.4 Å². The second kappa shape index (κ2) is 10.8. The van der Waals surface area contributed by atoms with Crippen molar-refractivity contribution in [1.82, 2.24) is 0 Å². The smallest absolute Gasteiger partial charge is 0.311 e. The Labute approximate surface area is 187 Å². The molecule has 0 aliphatic carbocycles. The number of esters is 1. The molecule has 1 aliphatic heterocycles. The molecule has 6 nitrogen and oxygen atoms in total. The van der Waals surface area contributed by atoms with Gasteiger partial charge in [0.25, 0.3) is 0 Å². The zero-order chi connectivity index (χ0) is 22.2. The first-order valence-electron chi connectivity index (χ1n) is 10.3. The molecule has 1 unspecified atom stereocenters. The summed E-state index contributed by atoms with van der Waals surface area (Å²) in [6.07, 6.45) is 2.57. The third kappa shape index (κ3) is 6.21. The van der Waals surface area contributed by atoms with Gasteiger partial charge < -0.3 is 15.4 Å². The standard InChI is InChI=1S/C24H27N3O3S/c1-4-21(24(29)27-18-11-7-6-10-16(18)3)31-22-14-17(15-23(28)30-5-2)25-19-12-8-9-13-20(19)26-22/h6-14,21,25H,4-5,15H2,1-3H3,(H,27,29). The minimum Gasteiger partial charge on any atom is -0.466 e. The lowest BCUT2D eigenvalue weighted by Crippen LogP contribution is -2.26. The van der Waals surface area contributed by atoms with E-state index in [-0.39, 0.29) is 23.5 Å². The molecule has 1 amide bonds. The third-order valence-electron chi connectivity index (χ3n) is 4.70. The largest absolute Gasteiger partial charge is 0.466 e. The molecule has 0 bridgehead atoms. The van der Waals surface area contributed by atoms with E-state index in [4.69, 9.17) is 9.73 Å². The molecule has 0 fully saturated rings. The van der Waals surface area contributed by atoms with E-state index in [1.807, 2.05) is 68.5 Å². The topological polar surface area (TPSA) is 79.8 Å². The Bertz CT molecular complexity index is 1020. The molecule has 7 heteroatoms. The number of amides is 1. The average molecular weight is 438 g/mol. The van der Waals surface area contributed by atoms with E-state index >= 15 is 0 Å². The fourth-order valence-corrected chi connectivity index (χ4v) is 4.09. The van der Waals surface area contributed by atoms with Crippen molar-refractivity contribution in [2.75, 3.05) is 17.2 Å². The van der Waals surface area contributed by atoms with Crippen LogP contribution in [-0.2, 0) is 14.3 Å². The summed E-state index contributed by atoms with van der Waals surface area (Å²) in [5.41, 5.74) is 4.07. The fraction of sp³-hybridized carbons (Fsp3) is 0.292. The van der Waals surface area contributed by atoms with E-state index in [9.17, 15) is 9.59 Å². The van der Waals surface area contributed by atoms with Crippen LogP contribution in [0.3, 0.4) is 0 Å². The van der Waals surface area contributed by atoms with Crippen LogP contribution in [0.15, 0.2) is 65.3 Å². The highest BCUT2D eigenvalue weighted by Crippen LogP contribution is 2.32. The van der Waals surface area contributed by atoms with Crippen molar-refractivity contribution in [2.45, 2.75) is 38.9 Å². The van der Waals surface area contributed by atoms with Gasteiger partial charge in [-0.05, 0) is 50.1 Å². The van der Waals surface area contributed by atoms with Crippen LogP contribution in [-0.4, -0.2) is 28.8 Å². The molecular weight excluding hydrogens is 410 g/mol. The van der Waals surface area contributed by atoms with Gasteiger partial charge in [0.1, 0.15) is 0 Å². The molecule has 0 radical (unpaired) electrons. The molecule has 0 saturated carbocycles. The monoisotopic (exact) mass is 437 g/mol. The van der Waals surface area contributed by atoms with Gasteiger partial charge in [-0.1, -0.05) is 49.0 Å². The average Bonchev–Trinajstić information content (AvgIpc) is 2.92. The number of nitrogens with zero attached hydrogens (tertiary/aromatic N) is 1. The number of hydrogen-bond donors (Lipinski definition) is 2. The first kappa shape index (κ1) is 22.6. The Morgan fingerprint density at radius 2 is 1.87 bits per heavy atom. The Kier molecular flexibility index (Phi) is 7.89. The molecule has 1 heterocycles. The lowest BCUT2D eigenvalue weighted by Gasteiger charge is -2.16. The van der Waals surface area contributed by atoms with Crippen LogP contribution >= 0.6 is 11.8 Å². The minimum absolute atomic E-state index is 0.0738. The van der Waals surface area contributed by atoms with Gasteiger partial charge >= 0.3 is 5.97 Å². The second-order valence-electron chi connectivity index (χ2n) is 7.06. The van der Waals surface area contributed by atoms with Gasteiger partial charge in [-0.15, -0.1) is 0 Å². The van der Waals surface area contributed by atoms with E-state index in [2.05, 4.69) is 10.6 Å². The highest BCUT2D eigenvalue weighted by Gasteiger charge is 2.22. The van der Waals surface area contributed by atoms with Crippen LogP contribution in [0.5, 0.6) is 0 Å². The summed E-state index contributed by atoms with van der Waals surface area (Å²) in [6.45, 7) is 6.05. The normalized spacial score (nSPS) is 13.6. The molecule has 0 saturated heterocycles. The molecule has 1 atom stereocenters. The van der Waals surface area contributed by atoms with Crippen molar-refractivity contribution in [3.05, 3.63) is 65.9 Å². The van der Waals surface area contributed by atoms with Crippen LogP contribution < -0.4 is 10.6 Å². The fourth-order valence-electron chi connectivity index (χ4n) is 3.10. The van der Waals surface area contributed by atoms with Gasteiger partial charge in [-0.3, -0.25) is 9.59 Å². The van der Waals surface area contributed by atoms with Crippen LogP contribution in [0.2, 0.25) is 0 Å². The van der Waals surface area contributed by atoms with Gasteiger partial charge in [-0.2, -0.15) is 0 Å². The maximum atomic E-state index is 12.9. The van der Waals surface area contributed by atoms with Gasteiger partial charge in [0.05, 0.1) is 34.7 Å². The Hall–Kier alpha value is -3.06. The van der Waals surface area contributed by atoms with Crippen molar-refractivity contribution >= 4 is 45.7 Å². The Balaban J connectivity index is 1.83. The van der Waals surface area contributed by atoms with E-state index in [0.29, 0.717) is 23.8 Å². The molecule has 2 aromatic rings. The van der Waals surface area contributed by atoms with E-state index < -0.39 is 0 Å². The van der Waals surface area contributed by atoms with Crippen LogP contribution in [0.1, 0.15) is 32.3 Å². The number of fused-ring (bicyclic) bond motifs is 1. The van der Waals surface area contributed by atoms with Gasteiger partial charge in [0.2, 0.25) is 5.91 Å². The zero-order valence-electron chi connectivity index (χ0n) is 18.0. The van der Waals surface area contributed by atoms with Gasteiger partial charge in [-0.25, -0.2) is 4.99 Å².